The average Bonchev–Trinajstić information content (AvgIpc) is 2.61. The molecule has 5 heteroatoms. The van der Waals surface area contributed by atoms with Crippen LogP contribution in [0.5, 0.6) is 0 Å². The van der Waals surface area contributed by atoms with E-state index in [0.29, 0.717) is 13.1 Å². The third kappa shape index (κ3) is 5.23. The molecule has 2 aromatic carbocycles. The van der Waals surface area contributed by atoms with Crippen LogP contribution in [-0.4, -0.2) is 50.4 Å². The van der Waals surface area contributed by atoms with Gasteiger partial charge in [0.25, 0.3) is 0 Å². The molecule has 4 nitrogen and oxygen atoms in total. The molecule has 0 aliphatic carbocycles. The number of carbonyl (C=O) groups excluding carboxylic acids is 1. The molecule has 26 heavy (non-hydrogen) atoms. The second-order valence-electron chi connectivity index (χ2n) is 6.92. The lowest BCUT2D eigenvalue weighted by atomic mass is 10.1. The first-order chi connectivity index (χ1) is 12.3. The zero-order valence-corrected chi connectivity index (χ0v) is 17.0. The normalized spacial score (nSPS) is 12.1. The molecule has 0 heterocycles. The molecule has 0 aliphatic heterocycles. The first-order valence-corrected chi connectivity index (χ1v) is 9.12. The summed E-state index contributed by atoms with van der Waals surface area (Å²) in [4.78, 5) is 18.4. The van der Waals surface area contributed by atoms with Crippen LogP contribution >= 0.6 is 11.6 Å². The average molecular weight is 374 g/mol. The Kier molecular flexibility index (Phi) is 7.06. The highest BCUT2D eigenvalue weighted by atomic mass is 35.5. The summed E-state index contributed by atoms with van der Waals surface area (Å²) in [5.41, 5.74) is 3.30. The Bertz CT molecular complexity index is 730. The van der Waals surface area contributed by atoms with Crippen LogP contribution in [0.15, 0.2) is 48.5 Å². The SMILES string of the molecule is CC(c1ccccc1Cl)N(C)CC(=O)N(C)Cc1ccc(N(C)C)cc1. The van der Waals surface area contributed by atoms with E-state index < -0.39 is 0 Å². The fourth-order valence-corrected chi connectivity index (χ4v) is 3.08. The van der Waals surface area contributed by atoms with Gasteiger partial charge in [0.05, 0.1) is 6.54 Å². The van der Waals surface area contributed by atoms with Gasteiger partial charge in [-0.1, -0.05) is 41.9 Å². The van der Waals surface area contributed by atoms with Crippen LogP contribution in [0.2, 0.25) is 5.02 Å². The van der Waals surface area contributed by atoms with Gasteiger partial charge in [-0.05, 0) is 43.3 Å². The molecule has 2 rings (SSSR count). The molecule has 0 aliphatic rings. The van der Waals surface area contributed by atoms with Crippen molar-refractivity contribution < 1.29 is 4.79 Å². The van der Waals surface area contributed by atoms with Gasteiger partial charge in [0.1, 0.15) is 0 Å². The van der Waals surface area contributed by atoms with Gasteiger partial charge >= 0.3 is 0 Å². The molecule has 0 spiro atoms. The monoisotopic (exact) mass is 373 g/mol. The zero-order valence-electron chi connectivity index (χ0n) is 16.2. The minimum absolute atomic E-state index is 0.0698. The number of anilines is 1. The molecular weight excluding hydrogens is 346 g/mol. The van der Waals surface area contributed by atoms with Crippen LogP contribution in [0.1, 0.15) is 24.1 Å². The summed E-state index contributed by atoms with van der Waals surface area (Å²) in [5.74, 6) is 0.0862. The van der Waals surface area contributed by atoms with Gasteiger partial charge in [-0.2, -0.15) is 0 Å². The number of amides is 1. The Morgan fingerprint density at radius 2 is 1.62 bits per heavy atom. The molecule has 0 saturated heterocycles. The quantitative estimate of drug-likeness (QED) is 0.732. The van der Waals surface area contributed by atoms with Crippen LogP contribution in [0, 0.1) is 0 Å². The maximum Gasteiger partial charge on any atom is 0.236 e. The highest BCUT2D eigenvalue weighted by Crippen LogP contribution is 2.26. The van der Waals surface area contributed by atoms with E-state index in [4.69, 9.17) is 11.6 Å². The number of hydrogen-bond donors (Lipinski definition) is 0. The summed E-state index contributed by atoms with van der Waals surface area (Å²) in [6, 6.07) is 16.1. The van der Waals surface area contributed by atoms with Gasteiger partial charge in [-0.25, -0.2) is 0 Å². The van der Waals surface area contributed by atoms with E-state index in [1.54, 1.807) is 4.90 Å². The van der Waals surface area contributed by atoms with Crippen LogP contribution in [0.25, 0.3) is 0 Å². The van der Waals surface area contributed by atoms with Crippen molar-refractivity contribution in [3.8, 4) is 0 Å². The molecule has 0 aromatic heterocycles. The molecule has 2 aromatic rings. The Morgan fingerprint density at radius 1 is 1.00 bits per heavy atom. The van der Waals surface area contributed by atoms with Crippen LogP contribution in [0.3, 0.4) is 0 Å². The molecular formula is C21H28ClN3O. The lowest BCUT2D eigenvalue weighted by Crippen LogP contribution is -2.37. The van der Waals surface area contributed by atoms with Crippen LogP contribution in [0.4, 0.5) is 5.69 Å². The van der Waals surface area contributed by atoms with E-state index in [-0.39, 0.29) is 11.9 Å². The van der Waals surface area contributed by atoms with E-state index in [1.165, 1.54) is 0 Å². The fourth-order valence-electron chi connectivity index (χ4n) is 2.78. The summed E-state index contributed by atoms with van der Waals surface area (Å²) in [7, 11) is 7.82. The van der Waals surface area contributed by atoms with E-state index in [9.17, 15) is 4.79 Å². The molecule has 0 radical (unpaired) electrons. The van der Waals surface area contributed by atoms with E-state index in [0.717, 1.165) is 21.8 Å². The van der Waals surface area contributed by atoms with Crippen molar-refractivity contribution >= 4 is 23.2 Å². The predicted octanol–water partition coefficient (Wildman–Crippen LogP) is 4.06. The van der Waals surface area contributed by atoms with Gasteiger partial charge in [0, 0.05) is 44.4 Å². The summed E-state index contributed by atoms with van der Waals surface area (Å²) in [6.07, 6.45) is 0. The maximum absolute atomic E-state index is 12.6. The first-order valence-electron chi connectivity index (χ1n) is 8.74. The van der Waals surface area contributed by atoms with Gasteiger partial charge in [0.2, 0.25) is 5.91 Å². The topological polar surface area (TPSA) is 26.8 Å². The molecule has 1 atom stereocenters. The Balaban J connectivity index is 1.94. The largest absolute Gasteiger partial charge is 0.378 e. The van der Waals surface area contributed by atoms with E-state index in [1.807, 2.05) is 57.4 Å². The maximum atomic E-state index is 12.6. The lowest BCUT2D eigenvalue weighted by Gasteiger charge is -2.27. The molecule has 1 amide bonds. The van der Waals surface area contributed by atoms with E-state index >= 15 is 0 Å². The number of nitrogens with zero attached hydrogens (tertiary/aromatic N) is 3. The minimum Gasteiger partial charge on any atom is -0.378 e. The number of carbonyl (C=O) groups is 1. The number of halogens is 1. The van der Waals surface area contributed by atoms with Crippen molar-refractivity contribution in [1.82, 2.24) is 9.80 Å². The van der Waals surface area contributed by atoms with Gasteiger partial charge in [0.15, 0.2) is 0 Å². The molecule has 0 fully saturated rings. The van der Waals surface area contributed by atoms with Crippen molar-refractivity contribution in [3.63, 3.8) is 0 Å². The standard InChI is InChI=1S/C21H28ClN3O/c1-16(19-8-6-7-9-20(19)22)24(4)15-21(26)25(5)14-17-10-12-18(13-11-17)23(2)3/h6-13,16H,14-15H2,1-5H3. The number of hydrogen-bond acceptors (Lipinski definition) is 3. The summed E-state index contributed by atoms with van der Waals surface area (Å²) >= 11 is 6.28. The molecule has 0 saturated carbocycles. The third-order valence-corrected chi connectivity index (χ3v) is 5.04. The fraction of sp³-hybridized carbons (Fsp3) is 0.381. The van der Waals surface area contributed by atoms with E-state index in [2.05, 4.69) is 36.1 Å². The summed E-state index contributed by atoms with van der Waals surface area (Å²) in [6.45, 7) is 3.01. The lowest BCUT2D eigenvalue weighted by molar-refractivity contribution is -0.131. The Hall–Kier alpha value is -2.04. The Labute approximate surface area is 162 Å². The Morgan fingerprint density at radius 3 is 2.19 bits per heavy atom. The molecule has 0 bridgehead atoms. The molecule has 140 valence electrons. The minimum atomic E-state index is 0.0698. The van der Waals surface area contributed by atoms with Crippen molar-refractivity contribution in [2.75, 3.05) is 39.6 Å². The number of rotatable bonds is 7. The number of benzene rings is 2. The van der Waals surface area contributed by atoms with Crippen molar-refractivity contribution in [2.45, 2.75) is 19.5 Å². The second kappa shape index (κ2) is 9.06. The second-order valence-corrected chi connectivity index (χ2v) is 7.33. The van der Waals surface area contributed by atoms with Crippen molar-refractivity contribution in [3.05, 3.63) is 64.7 Å². The van der Waals surface area contributed by atoms with Crippen molar-refractivity contribution in [1.29, 1.82) is 0 Å². The third-order valence-electron chi connectivity index (χ3n) is 4.70. The van der Waals surface area contributed by atoms with Crippen molar-refractivity contribution in [2.24, 2.45) is 0 Å². The van der Waals surface area contributed by atoms with Gasteiger partial charge in [-0.3, -0.25) is 9.69 Å². The first kappa shape index (κ1) is 20.3. The van der Waals surface area contributed by atoms with Crippen LogP contribution in [-0.2, 0) is 11.3 Å². The summed E-state index contributed by atoms with van der Waals surface area (Å²) in [5, 5.41) is 0.730. The summed E-state index contributed by atoms with van der Waals surface area (Å²) < 4.78 is 0. The highest BCUT2D eigenvalue weighted by molar-refractivity contribution is 6.31. The molecule has 0 N–H and O–H groups in total. The zero-order chi connectivity index (χ0) is 19.3. The van der Waals surface area contributed by atoms with Crippen LogP contribution < -0.4 is 4.90 Å². The highest BCUT2D eigenvalue weighted by Gasteiger charge is 2.19. The van der Waals surface area contributed by atoms with Gasteiger partial charge in [-0.15, -0.1) is 0 Å². The number of likely N-dealkylation sites (N-methyl/N-ethyl adjacent to an activating group) is 2. The predicted molar refractivity (Wildman–Crippen MR) is 110 cm³/mol. The van der Waals surface area contributed by atoms with Gasteiger partial charge < -0.3 is 9.80 Å². The molecule has 1 unspecified atom stereocenters. The smallest absolute Gasteiger partial charge is 0.236 e.